The van der Waals surface area contributed by atoms with Gasteiger partial charge in [-0.25, -0.2) is 0 Å². The molecule has 1 heterocycles. The Bertz CT molecular complexity index is 165. The third-order valence-electron chi connectivity index (χ3n) is 1.13. The molecule has 0 spiro atoms. The van der Waals surface area contributed by atoms with Crippen LogP contribution in [0.2, 0.25) is 0 Å². The lowest BCUT2D eigenvalue weighted by molar-refractivity contribution is 0.923. The smallest absolute Gasteiger partial charge is 0.0416 e. The van der Waals surface area contributed by atoms with Gasteiger partial charge in [0.1, 0.15) is 0 Å². The number of nitrogens with two attached hydrogens (primary N) is 1. The van der Waals surface area contributed by atoms with Gasteiger partial charge in [-0.2, -0.15) is 0 Å². The van der Waals surface area contributed by atoms with Crippen molar-refractivity contribution in [2.75, 3.05) is 6.54 Å². The molecule has 1 aromatic rings. The van der Waals surface area contributed by atoms with Gasteiger partial charge in [-0.15, -0.1) is 24.0 Å². The van der Waals surface area contributed by atoms with Crippen molar-refractivity contribution in [3.63, 3.8) is 0 Å². The number of nitrogens with zero attached hydrogens (tertiary/aromatic N) is 1. The Morgan fingerprint density at radius 1 is 1.40 bits per heavy atom. The lowest BCUT2D eigenvalue weighted by atomic mass is 10.3. The topological polar surface area (TPSA) is 38.9 Å². The van der Waals surface area contributed by atoms with Gasteiger partial charge in [0, 0.05) is 18.3 Å². The monoisotopic (exact) mass is 250 g/mol. The maximum atomic E-state index is 5.32. The first-order valence-electron chi connectivity index (χ1n) is 3.03. The minimum Gasteiger partial charge on any atom is -0.330 e. The fraction of sp³-hybridized carbons (Fsp3) is 0.286. The van der Waals surface area contributed by atoms with Gasteiger partial charge in [0.25, 0.3) is 0 Å². The van der Waals surface area contributed by atoms with Gasteiger partial charge in [0.2, 0.25) is 0 Å². The molecule has 0 radical (unpaired) electrons. The number of hydrogen-bond acceptors (Lipinski definition) is 2. The second kappa shape index (κ2) is 5.61. The van der Waals surface area contributed by atoms with E-state index in [9.17, 15) is 0 Å². The maximum absolute atomic E-state index is 5.32. The second-order valence-electron chi connectivity index (χ2n) is 1.86. The van der Waals surface area contributed by atoms with E-state index in [1.54, 1.807) is 6.20 Å². The van der Waals surface area contributed by atoms with E-state index in [1.165, 1.54) is 0 Å². The van der Waals surface area contributed by atoms with E-state index in [4.69, 9.17) is 5.73 Å². The molecule has 2 N–H and O–H groups in total. The number of aromatic nitrogens is 1. The fourth-order valence-electron chi connectivity index (χ4n) is 0.694. The molecule has 0 aliphatic carbocycles. The third kappa shape index (κ3) is 3.12. The van der Waals surface area contributed by atoms with Crippen LogP contribution in [0.15, 0.2) is 24.4 Å². The molecule has 1 rings (SSSR count). The molecule has 0 amide bonds. The molecule has 2 nitrogen and oxygen atoms in total. The minimum absolute atomic E-state index is 0. The summed E-state index contributed by atoms with van der Waals surface area (Å²) in [6.07, 6.45) is 2.66. The molecule has 0 atom stereocenters. The molecule has 0 aliphatic rings. The molecule has 0 aromatic carbocycles. The van der Waals surface area contributed by atoms with Gasteiger partial charge in [-0.1, -0.05) is 6.07 Å². The van der Waals surface area contributed by atoms with Gasteiger partial charge in [-0.05, 0) is 18.7 Å². The van der Waals surface area contributed by atoms with E-state index in [0.717, 1.165) is 12.1 Å². The first-order valence-corrected chi connectivity index (χ1v) is 3.03. The Balaban J connectivity index is 0.000000810. The molecule has 1 aromatic heterocycles. The highest BCUT2D eigenvalue weighted by Crippen LogP contribution is 1.91. The van der Waals surface area contributed by atoms with Crippen LogP contribution in [-0.2, 0) is 6.42 Å². The van der Waals surface area contributed by atoms with Gasteiger partial charge in [-0.3, -0.25) is 4.98 Å². The molecule has 0 unspecified atom stereocenters. The van der Waals surface area contributed by atoms with Crippen LogP contribution in [0.5, 0.6) is 0 Å². The van der Waals surface area contributed by atoms with Crippen molar-refractivity contribution in [3.8, 4) is 0 Å². The highest BCUT2D eigenvalue weighted by Gasteiger charge is 1.86. The summed E-state index contributed by atoms with van der Waals surface area (Å²) < 4.78 is 0. The van der Waals surface area contributed by atoms with Crippen LogP contribution in [-0.4, -0.2) is 11.5 Å². The first kappa shape index (κ1) is 9.84. The van der Waals surface area contributed by atoms with Crippen LogP contribution >= 0.6 is 24.0 Å². The molecule has 0 saturated carbocycles. The Morgan fingerprint density at radius 3 is 2.70 bits per heavy atom. The summed E-state index contributed by atoms with van der Waals surface area (Å²) in [5.74, 6) is 0. The number of pyridine rings is 1. The molecule has 0 saturated heterocycles. The lowest BCUT2D eigenvalue weighted by Gasteiger charge is -1.92. The van der Waals surface area contributed by atoms with E-state index in [-0.39, 0.29) is 24.0 Å². The summed E-state index contributed by atoms with van der Waals surface area (Å²) in [4.78, 5) is 4.09. The van der Waals surface area contributed by atoms with Crippen molar-refractivity contribution < 1.29 is 0 Å². The zero-order valence-corrected chi connectivity index (χ0v) is 7.99. The minimum atomic E-state index is 0. The standard InChI is InChI=1S/C7H10N2.HI/c8-5-4-7-3-1-2-6-9-7;/h1-3,6H,4-5,8H2;1H. The van der Waals surface area contributed by atoms with Crippen molar-refractivity contribution in [1.82, 2.24) is 4.98 Å². The summed E-state index contributed by atoms with van der Waals surface area (Å²) in [6, 6.07) is 5.85. The summed E-state index contributed by atoms with van der Waals surface area (Å²) in [7, 11) is 0. The Hall–Kier alpha value is -0.160. The average molecular weight is 250 g/mol. The molecule has 10 heavy (non-hydrogen) atoms. The molecule has 56 valence electrons. The predicted octanol–water partition coefficient (Wildman–Crippen LogP) is 1.20. The second-order valence-corrected chi connectivity index (χ2v) is 1.86. The highest BCUT2D eigenvalue weighted by molar-refractivity contribution is 14.0. The SMILES string of the molecule is I.NCCc1ccccn1. The van der Waals surface area contributed by atoms with Crippen LogP contribution in [0.25, 0.3) is 0 Å². The summed E-state index contributed by atoms with van der Waals surface area (Å²) in [5, 5.41) is 0. The van der Waals surface area contributed by atoms with Crippen LogP contribution < -0.4 is 5.73 Å². The van der Waals surface area contributed by atoms with Crippen molar-refractivity contribution in [2.24, 2.45) is 5.73 Å². The Kier molecular flexibility index (Phi) is 5.52. The summed E-state index contributed by atoms with van der Waals surface area (Å²) in [6.45, 7) is 0.678. The average Bonchev–Trinajstić information content (AvgIpc) is 1.91. The van der Waals surface area contributed by atoms with E-state index in [0.29, 0.717) is 6.54 Å². The maximum Gasteiger partial charge on any atom is 0.0416 e. The third-order valence-corrected chi connectivity index (χ3v) is 1.13. The quantitative estimate of drug-likeness (QED) is 0.801. The van der Waals surface area contributed by atoms with E-state index in [2.05, 4.69) is 4.98 Å². The first-order chi connectivity index (χ1) is 4.43. The molecular weight excluding hydrogens is 239 g/mol. The zero-order valence-electron chi connectivity index (χ0n) is 5.66. The molecular formula is C7H11IN2. The predicted molar refractivity (Wildman–Crippen MR) is 52.4 cm³/mol. The molecule has 0 fully saturated rings. The Labute approximate surface area is 77.9 Å². The molecule has 3 heteroatoms. The van der Waals surface area contributed by atoms with Crippen molar-refractivity contribution in [3.05, 3.63) is 30.1 Å². The lowest BCUT2D eigenvalue weighted by Crippen LogP contribution is -2.03. The van der Waals surface area contributed by atoms with Crippen molar-refractivity contribution in [2.45, 2.75) is 6.42 Å². The zero-order chi connectivity index (χ0) is 6.53. The van der Waals surface area contributed by atoms with Gasteiger partial charge >= 0.3 is 0 Å². The van der Waals surface area contributed by atoms with E-state index in [1.807, 2.05) is 18.2 Å². The van der Waals surface area contributed by atoms with Crippen LogP contribution in [0.1, 0.15) is 5.69 Å². The fourth-order valence-corrected chi connectivity index (χ4v) is 0.694. The molecule has 0 bridgehead atoms. The highest BCUT2D eigenvalue weighted by atomic mass is 127. The van der Waals surface area contributed by atoms with Crippen molar-refractivity contribution in [1.29, 1.82) is 0 Å². The van der Waals surface area contributed by atoms with Crippen LogP contribution in [0, 0.1) is 0 Å². The molecule has 0 aliphatic heterocycles. The van der Waals surface area contributed by atoms with Gasteiger partial charge in [0.15, 0.2) is 0 Å². The van der Waals surface area contributed by atoms with Crippen LogP contribution in [0.4, 0.5) is 0 Å². The number of halogens is 1. The van der Waals surface area contributed by atoms with Gasteiger partial charge in [0.05, 0.1) is 0 Å². The normalized spacial score (nSPS) is 8.50. The Morgan fingerprint density at radius 2 is 2.20 bits per heavy atom. The van der Waals surface area contributed by atoms with Crippen LogP contribution in [0.3, 0.4) is 0 Å². The van der Waals surface area contributed by atoms with E-state index >= 15 is 0 Å². The number of hydrogen-bond donors (Lipinski definition) is 1. The summed E-state index contributed by atoms with van der Waals surface area (Å²) in [5.41, 5.74) is 6.39. The van der Waals surface area contributed by atoms with Gasteiger partial charge < -0.3 is 5.73 Å². The van der Waals surface area contributed by atoms with Crippen molar-refractivity contribution >= 4 is 24.0 Å². The van der Waals surface area contributed by atoms with E-state index < -0.39 is 0 Å². The number of rotatable bonds is 2. The summed E-state index contributed by atoms with van der Waals surface area (Å²) >= 11 is 0. The largest absolute Gasteiger partial charge is 0.330 e.